The minimum absolute atomic E-state index is 0.615. The molecule has 6 nitrogen and oxygen atoms in total. The Morgan fingerprint density at radius 1 is 1.26 bits per heavy atom. The van der Waals surface area contributed by atoms with Crippen LogP contribution in [0, 0.1) is 5.92 Å². The molecule has 118 valence electrons. The number of hydrogen-bond acceptors (Lipinski definition) is 4. The van der Waals surface area contributed by atoms with Crippen molar-refractivity contribution in [2.75, 3.05) is 0 Å². The summed E-state index contributed by atoms with van der Waals surface area (Å²) in [4.78, 5) is 11.5. The van der Waals surface area contributed by atoms with Gasteiger partial charge in [-0.05, 0) is 47.4 Å². The van der Waals surface area contributed by atoms with Gasteiger partial charge in [-0.2, -0.15) is 0 Å². The number of aldehydes is 1. The second-order valence-electron chi connectivity index (χ2n) is 6.34. The Hall–Kier alpha value is -2.50. The summed E-state index contributed by atoms with van der Waals surface area (Å²) in [6, 6.07) is 6.04. The van der Waals surface area contributed by atoms with Gasteiger partial charge in [0.1, 0.15) is 0 Å². The largest absolute Gasteiger partial charge is 0.346 e. The number of hydrogen-bond donors (Lipinski definition) is 1. The molecule has 2 aromatic heterocycles. The maximum absolute atomic E-state index is 11.5. The molecule has 0 aliphatic heterocycles. The molecule has 2 heterocycles. The molecule has 1 aromatic carbocycles. The Labute approximate surface area is 133 Å². The van der Waals surface area contributed by atoms with Crippen molar-refractivity contribution in [2.24, 2.45) is 5.92 Å². The molecule has 0 saturated heterocycles. The summed E-state index contributed by atoms with van der Waals surface area (Å²) >= 11 is 0. The lowest BCUT2D eigenvalue weighted by Crippen LogP contribution is -2.13. The van der Waals surface area contributed by atoms with Crippen molar-refractivity contribution < 1.29 is 4.79 Å². The molecule has 1 N–H and O–H groups in total. The molecule has 0 radical (unpaired) electrons. The molecule has 0 amide bonds. The van der Waals surface area contributed by atoms with Gasteiger partial charge in [-0.3, -0.25) is 4.79 Å². The Morgan fingerprint density at radius 2 is 2.13 bits per heavy atom. The van der Waals surface area contributed by atoms with Gasteiger partial charge in [-0.15, -0.1) is 5.10 Å². The highest BCUT2D eigenvalue weighted by Crippen LogP contribution is 2.29. The summed E-state index contributed by atoms with van der Waals surface area (Å²) < 4.78 is 2.23. The van der Waals surface area contributed by atoms with Crippen molar-refractivity contribution in [1.29, 1.82) is 0 Å². The number of nitrogens with zero attached hydrogens (tertiary/aromatic N) is 4. The molecule has 6 heteroatoms. The van der Waals surface area contributed by atoms with Crippen LogP contribution in [0.25, 0.3) is 22.3 Å². The van der Waals surface area contributed by atoms with Crippen molar-refractivity contribution in [3.8, 4) is 11.4 Å². The highest BCUT2D eigenvalue weighted by molar-refractivity contribution is 5.99. The maximum Gasteiger partial charge on any atom is 0.179 e. The summed E-state index contributed by atoms with van der Waals surface area (Å²) in [5, 5.41) is 14.9. The molecule has 0 unspecified atom stereocenters. The summed E-state index contributed by atoms with van der Waals surface area (Å²) in [7, 11) is 0. The van der Waals surface area contributed by atoms with E-state index in [9.17, 15) is 4.79 Å². The Bertz CT molecular complexity index is 815. The van der Waals surface area contributed by atoms with E-state index in [1.165, 1.54) is 32.1 Å². The first-order valence-electron chi connectivity index (χ1n) is 8.17. The Kier molecular flexibility index (Phi) is 3.65. The lowest BCUT2D eigenvalue weighted by atomic mass is 9.89. The third kappa shape index (κ3) is 2.65. The smallest absolute Gasteiger partial charge is 0.179 e. The van der Waals surface area contributed by atoms with Gasteiger partial charge in [0.2, 0.25) is 0 Å². The Balaban J connectivity index is 1.73. The summed E-state index contributed by atoms with van der Waals surface area (Å²) in [5.41, 5.74) is 2.72. The average Bonchev–Trinajstić information content (AvgIpc) is 3.24. The quantitative estimate of drug-likeness (QED) is 0.751. The van der Waals surface area contributed by atoms with E-state index in [4.69, 9.17) is 0 Å². The second-order valence-corrected chi connectivity index (χ2v) is 6.34. The monoisotopic (exact) mass is 309 g/mol. The van der Waals surface area contributed by atoms with Crippen molar-refractivity contribution in [3.05, 3.63) is 30.0 Å². The maximum atomic E-state index is 11.5. The molecule has 23 heavy (non-hydrogen) atoms. The van der Waals surface area contributed by atoms with E-state index in [0.29, 0.717) is 5.82 Å². The van der Waals surface area contributed by atoms with Crippen LogP contribution in [0.1, 0.15) is 42.5 Å². The average molecular weight is 309 g/mol. The number of rotatable bonds is 4. The number of tetrazole rings is 1. The highest BCUT2D eigenvalue weighted by atomic mass is 16.1. The molecule has 1 fully saturated rings. The Morgan fingerprint density at radius 3 is 2.87 bits per heavy atom. The van der Waals surface area contributed by atoms with Crippen molar-refractivity contribution in [1.82, 2.24) is 25.2 Å². The summed E-state index contributed by atoms with van der Waals surface area (Å²) in [5.74, 6) is 1.33. The van der Waals surface area contributed by atoms with Crippen LogP contribution in [-0.4, -0.2) is 31.5 Å². The lowest BCUT2D eigenvalue weighted by Gasteiger charge is -2.22. The molecular weight excluding hydrogens is 290 g/mol. The number of carbonyl (C=O) groups is 1. The van der Waals surface area contributed by atoms with Gasteiger partial charge < -0.3 is 4.57 Å². The normalized spacial score (nSPS) is 16.0. The molecule has 0 atom stereocenters. The van der Waals surface area contributed by atoms with Crippen LogP contribution in [0.4, 0.5) is 0 Å². The fourth-order valence-corrected chi connectivity index (χ4v) is 3.65. The van der Waals surface area contributed by atoms with Gasteiger partial charge in [0, 0.05) is 34.8 Å². The molecule has 4 rings (SSSR count). The highest BCUT2D eigenvalue weighted by Gasteiger charge is 2.17. The van der Waals surface area contributed by atoms with Gasteiger partial charge in [-0.25, -0.2) is 5.10 Å². The van der Waals surface area contributed by atoms with Gasteiger partial charge in [-0.1, -0.05) is 19.3 Å². The van der Waals surface area contributed by atoms with E-state index < -0.39 is 0 Å². The minimum atomic E-state index is 0.615. The molecule has 1 aliphatic rings. The fourth-order valence-electron chi connectivity index (χ4n) is 3.65. The van der Waals surface area contributed by atoms with Crippen molar-refractivity contribution in [3.63, 3.8) is 0 Å². The topological polar surface area (TPSA) is 76.5 Å². The van der Waals surface area contributed by atoms with E-state index >= 15 is 0 Å². The van der Waals surface area contributed by atoms with E-state index in [0.717, 1.165) is 40.8 Å². The second kappa shape index (κ2) is 5.95. The fraction of sp³-hybridized carbons (Fsp3) is 0.412. The van der Waals surface area contributed by atoms with Crippen molar-refractivity contribution in [2.45, 2.75) is 38.6 Å². The van der Waals surface area contributed by atoms with E-state index in [-0.39, 0.29) is 0 Å². The minimum Gasteiger partial charge on any atom is -0.346 e. The van der Waals surface area contributed by atoms with Gasteiger partial charge in [0.25, 0.3) is 0 Å². The van der Waals surface area contributed by atoms with Crippen LogP contribution in [0.3, 0.4) is 0 Å². The van der Waals surface area contributed by atoms with Crippen LogP contribution < -0.4 is 0 Å². The predicted octanol–water partition coefficient (Wildman–Crippen LogP) is 3.21. The van der Waals surface area contributed by atoms with Gasteiger partial charge >= 0.3 is 0 Å². The number of aromatic amines is 1. The third-order valence-corrected chi connectivity index (χ3v) is 4.84. The molecular formula is C17H19N5O. The number of aromatic nitrogens is 5. The van der Waals surface area contributed by atoms with Gasteiger partial charge in [0.15, 0.2) is 12.1 Å². The number of nitrogens with one attached hydrogen (secondary N) is 1. The first kappa shape index (κ1) is 14.1. The van der Waals surface area contributed by atoms with Crippen LogP contribution in [0.5, 0.6) is 0 Å². The lowest BCUT2D eigenvalue weighted by molar-refractivity contribution is 0.112. The molecule has 0 spiro atoms. The number of fused-ring (bicyclic) bond motifs is 1. The van der Waals surface area contributed by atoms with Crippen LogP contribution in [0.2, 0.25) is 0 Å². The van der Waals surface area contributed by atoms with Crippen molar-refractivity contribution >= 4 is 17.2 Å². The molecule has 1 aliphatic carbocycles. The zero-order chi connectivity index (χ0) is 15.6. The predicted molar refractivity (Wildman–Crippen MR) is 87.1 cm³/mol. The SMILES string of the molecule is O=Cc1cn(CC2CCCCC2)c2ccc(-c3nnn[nH]3)cc12. The van der Waals surface area contributed by atoms with E-state index in [1.54, 1.807) is 0 Å². The zero-order valence-corrected chi connectivity index (χ0v) is 12.9. The van der Waals surface area contributed by atoms with Gasteiger partial charge in [0.05, 0.1) is 0 Å². The molecule has 1 saturated carbocycles. The standard InChI is InChI=1S/C17H19N5O/c23-11-14-10-22(9-12-4-2-1-3-5-12)16-7-6-13(8-15(14)16)17-18-20-21-19-17/h6-8,10-12H,1-5,9H2,(H,18,19,20,21). The number of benzene rings is 1. The van der Waals surface area contributed by atoms with E-state index in [1.807, 2.05) is 18.3 Å². The summed E-state index contributed by atoms with van der Waals surface area (Å²) in [6.07, 6.45) is 9.50. The molecule has 0 bridgehead atoms. The first-order valence-corrected chi connectivity index (χ1v) is 8.17. The third-order valence-electron chi connectivity index (χ3n) is 4.84. The number of H-pyrrole nitrogens is 1. The van der Waals surface area contributed by atoms with E-state index in [2.05, 4.69) is 31.3 Å². The summed E-state index contributed by atoms with van der Waals surface area (Å²) in [6.45, 7) is 0.994. The number of carbonyl (C=O) groups excluding carboxylic acids is 1. The van der Waals surface area contributed by atoms with Crippen LogP contribution in [0.15, 0.2) is 24.4 Å². The zero-order valence-electron chi connectivity index (χ0n) is 12.9. The van der Waals surface area contributed by atoms with Crippen LogP contribution >= 0.6 is 0 Å². The first-order chi connectivity index (χ1) is 11.3. The molecule has 3 aromatic rings. The van der Waals surface area contributed by atoms with Crippen LogP contribution in [-0.2, 0) is 6.54 Å².